The fourth-order valence-corrected chi connectivity index (χ4v) is 9.45. The molecule has 0 radical (unpaired) electrons. The van der Waals surface area contributed by atoms with Crippen molar-refractivity contribution in [2.75, 3.05) is 5.32 Å². The second kappa shape index (κ2) is 11.2. The molecule has 0 aliphatic heterocycles. The van der Waals surface area contributed by atoms with Crippen LogP contribution in [0.1, 0.15) is 103 Å². The first kappa shape index (κ1) is 28.0. The zero-order chi connectivity index (χ0) is 27.8. The van der Waals surface area contributed by atoms with E-state index in [1.54, 1.807) is 0 Å². The summed E-state index contributed by atoms with van der Waals surface area (Å²) in [7, 11) is 0. The summed E-state index contributed by atoms with van der Waals surface area (Å²) < 4.78 is 0. The number of fused-ring (bicyclic) bond motifs is 5. The van der Waals surface area contributed by atoms with Gasteiger partial charge in [0.05, 0.1) is 6.20 Å². The van der Waals surface area contributed by atoms with E-state index in [9.17, 15) is 9.59 Å². The molecule has 0 bridgehead atoms. The number of Topliss-reactive ketones (excluding diaryl/α,β-unsaturated/α-hetero) is 1. The van der Waals surface area contributed by atoms with Gasteiger partial charge < -0.3 is 5.32 Å². The summed E-state index contributed by atoms with van der Waals surface area (Å²) in [5.74, 6) is 4.07. The Labute approximate surface area is 234 Å². The molecule has 0 saturated heterocycles. The fraction of sp³-hybridized carbons (Fsp3) is 0.697. The lowest BCUT2D eigenvalue weighted by molar-refractivity contribution is -0.137. The van der Waals surface area contributed by atoms with Crippen LogP contribution in [0, 0.1) is 46.3 Å². The van der Waals surface area contributed by atoms with Crippen molar-refractivity contribution in [1.29, 1.82) is 0 Å². The standard InChI is InChI=1S/C31H42N4O2.C2H6/c1-20-13-15-30(2)21(17-20)9-10-23-24-11-12-26(31(24,3)16-14-25(23)30)28(36)19-35-32-18-27(34-35)29(37)33-22-7-5-4-6-8-22;1-2/h4-8,18,20-21,23-26H,9-17,19H2,1-3H3,(H,33,37);1-2H3/t20?,21?,23?,24?,25?,26-,30?,31?;/m1./s1. The molecular formula is C33H48N4O2. The molecule has 1 aromatic carbocycles. The highest BCUT2D eigenvalue weighted by molar-refractivity contribution is 6.02. The van der Waals surface area contributed by atoms with Crippen molar-refractivity contribution in [1.82, 2.24) is 15.0 Å². The Hall–Kier alpha value is -2.50. The summed E-state index contributed by atoms with van der Waals surface area (Å²) in [4.78, 5) is 27.6. The van der Waals surface area contributed by atoms with Crippen LogP contribution >= 0.6 is 0 Å². The Morgan fingerprint density at radius 2 is 1.67 bits per heavy atom. The number of hydrogen-bond acceptors (Lipinski definition) is 4. The first-order valence-electron chi connectivity index (χ1n) is 15.6. The zero-order valence-electron chi connectivity index (χ0n) is 24.7. The van der Waals surface area contributed by atoms with Crippen molar-refractivity contribution < 1.29 is 9.59 Å². The number of anilines is 1. The molecule has 39 heavy (non-hydrogen) atoms. The minimum atomic E-state index is -0.308. The van der Waals surface area contributed by atoms with Gasteiger partial charge in [-0.25, -0.2) is 0 Å². The van der Waals surface area contributed by atoms with Gasteiger partial charge in [-0.3, -0.25) is 9.59 Å². The first-order chi connectivity index (χ1) is 18.8. The van der Waals surface area contributed by atoms with Crippen molar-refractivity contribution in [3.8, 4) is 0 Å². The van der Waals surface area contributed by atoms with Gasteiger partial charge in [-0.2, -0.15) is 9.90 Å². The molecule has 2 aromatic rings. The van der Waals surface area contributed by atoms with Gasteiger partial charge in [-0.15, -0.1) is 5.10 Å². The number of amides is 1. The van der Waals surface area contributed by atoms with E-state index in [0.29, 0.717) is 17.0 Å². The molecule has 1 amide bonds. The van der Waals surface area contributed by atoms with Crippen LogP contribution in [0.4, 0.5) is 5.69 Å². The van der Waals surface area contributed by atoms with Gasteiger partial charge in [0, 0.05) is 11.6 Å². The van der Waals surface area contributed by atoms with E-state index < -0.39 is 0 Å². The maximum Gasteiger partial charge on any atom is 0.277 e. The van der Waals surface area contributed by atoms with Crippen molar-refractivity contribution in [3.63, 3.8) is 0 Å². The van der Waals surface area contributed by atoms with E-state index in [2.05, 4.69) is 36.3 Å². The molecule has 212 valence electrons. The summed E-state index contributed by atoms with van der Waals surface area (Å²) in [6.07, 6.45) is 13.0. The summed E-state index contributed by atoms with van der Waals surface area (Å²) in [6, 6.07) is 9.31. The molecule has 6 heteroatoms. The summed E-state index contributed by atoms with van der Waals surface area (Å²) in [5.41, 5.74) is 1.54. The van der Waals surface area contributed by atoms with E-state index in [1.165, 1.54) is 62.4 Å². The monoisotopic (exact) mass is 532 g/mol. The van der Waals surface area contributed by atoms with Gasteiger partial charge in [0.25, 0.3) is 5.91 Å². The van der Waals surface area contributed by atoms with Crippen molar-refractivity contribution in [2.45, 2.75) is 99.0 Å². The third-order valence-corrected chi connectivity index (χ3v) is 11.4. The summed E-state index contributed by atoms with van der Waals surface area (Å²) >= 11 is 0. The largest absolute Gasteiger partial charge is 0.321 e. The molecular weight excluding hydrogens is 484 g/mol. The van der Waals surface area contributed by atoms with E-state index in [-0.39, 0.29) is 35.3 Å². The number of para-hydroxylation sites is 1. The SMILES string of the molecule is CC.CC1CCC2(C)C(CCC3C2CCC2(C)C3CC[C@@H]2C(=O)Cn2ncc(C(=O)Nc3ccccc3)n2)C1. The van der Waals surface area contributed by atoms with E-state index in [4.69, 9.17) is 0 Å². The van der Waals surface area contributed by atoms with Gasteiger partial charge in [0.15, 0.2) is 11.5 Å². The average Bonchev–Trinajstić information content (AvgIpc) is 3.55. The molecule has 8 atom stereocenters. The highest BCUT2D eigenvalue weighted by Crippen LogP contribution is 2.67. The Morgan fingerprint density at radius 1 is 0.949 bits per heavy atom. The lowest BCUT2D eigenvalue weighted by Gasteiger charge is -2.61. The number of benzene rings is 1. The van der Waals surface area contributed by atoms with Crippen LogP contribution in [0.15, 0.2) is 36.5 Å². The highest BCUT2D eigenvalue weighted by atomic mass is 16.2. The lowest BCUT2D eigenvalue weighted by atomic mass is 9.44. The van der Waals surface area contributed by atoms with E-state index in [1.807, 2.05) is 44.2 Å². The van der Waals surface area contributed by atoms with Gasteiger partial charge >= 0.3 is 0 Å². The molecule has 4 aliphatic carbocycles. The predicted molar refractivity (Wildman–Crippen MR) is 155 cm³/mol. The Bertz CT molecular complexity index is 1160. The number of nitrogens with zero attached hydrogens (tertiary/aromatic N) is 3. The number of rotatable bonds is 5. The molecule has 4 aliphatic rings. The molecule has 6 rings (SSSR count). The van der Waals surface area contributed by atoms with E-state index in [0.717, 1.165) is 30.1 Å². The molecule has 1 heterocycles. The molecule has 4 saturated carbocycles. The molecule has 7 unspecified atom stereocenters. The fourth-order valence-electron chi connectivity index (χ4n) is 9.45. The van der Waals surface area contributed by atoms with Crippen LogP contribution in [0.2, 0.25) is 0 Å². The smallest absolute Gasteiger partial charge is 0.277 e. The second-order valence-corrected chi connectivity index (χ2v) is 13.3. The quantitative estimate of drug-likeness (QED) is 0.435. The molecule has 0 spiro atoms. The Kier molecular flexibility index (Phi) is 8.03. The number of hydrogen-bond donors (Lipinski definition) is 1. The van der Waals surface area contributed by atoms with Crippen LogP contribution in [0.25, 0.3) is 0 Å². The van der Waals surface area contributed by atoms with Gasteiger partial charge in [0.1, 0.15) is 6.54 Å². The summed E-state index contributed by atoms with van der Waals surface area (Å²) in [5, 5.41) is 11.4. The van der Waals surface area contributed by atoms with Crippen molar-refractivity contribution in [3.05, 3.63) is 42.2 Å². The zero-order valence-corrected chi connectivity index (χ0v) is 24.7. The Balaban J connectivity index is 0.00000151. The molecule has 1 N–H and O–H groups in total. The summed E-state index contributed by atoms with van der Waals surface area (Å²) in [6.45, 7) is 11.6. The van der Waals surface area contributed by atoms with Crippen LogP contribution in [0.3, 0.4) is 0 Å². The van der Waals surface area contributed by atoms with Gasteiger partial charge in [-0.1, -0.05) is 59.2 Å². The highest BCUT2D eigenvalue weighted by Gasteiger charge is 2.60. The number of ketones is 1. The third kappa shape index (κ3) is 5.09. The van der Waals surface area contributed by atoms with Gasteiger partial charge in [0.2, 0.25) is 0 Å². The molecule has 4 fully saturated rings. The van der Waals surface area contributed by atoms with Crippen LogP contribution in [-0.4, -0.2) is 26.7 Å². The number of carbonyl (C=O) groups excluding carboxylic acids is 2. The minimum Gasteiger partial charge on any atom is -0.321 e. The van der Waals surface area contributed by atoms with Gasteiger partial charge in [-0.05, 0) is 104 Å². The number of carbonyl (C=O) groups is 2. The Morgan fingerprint density at radius 3 is 2.44 bits per heavy atom. The number of aromatic nitrogens is 3. The van der Waals surface area contributed by atoms with Crippen molar-refractivity contribution >= 4 is 17.4 Å². The maximum absolute atomic E-state index is 13.6. The number of nitrogens with one attached hydrogen (secondary N) is 1. The van der Waals surface area contributed by atoms with E-state index >= 15 is 0 Å². The first-order valence-corrected chi connectivity index (χ1v) is 15.6. The normalized spacial score (nSPS) is 36.9. The average molecular weight is 533 g/mol. The topological polar surface area (TPSA) is 76.9 Å². The molecule has 1 aromatic heterocycles. The predicted octanol–water partition coefficient (Wildman–Crippen LogP) is 7.42. The van der Waals surface area contributed by atoms with Crippen LogP contribution < -0.4 is 5.32 Å². The maximum atomic E-state index is 13.6. The minimum absolute atomic E-state index is 0.0722. The lowest BCUT2D eigenvalue weighted by Crippen LogP contribution is -2.53. The van der Waals surface area contributed by atoms with Crippen molar-refractivity contribution in [2.24, 2.45) is 46.3 Å². The second-order valence-electron chi connectivity index (χ2n) is 13.3. The van der Waals surface area contributed by atoms with Crippen LogP contribution in [0.5, 0.6) is 0 Å². The molecule has 6 nitrogen and oxygen atoms in total. The van der Waals surface area contributed by atoms with Crippen LogP contribution in [-0.2, 0) is 11.3 Å². The third-order valence-electron chi connectivity index (χ3n) is 11.4.